The molecule has 0 unspecified atom stereocenters. The molecule has 6 nitrogen and oxygen atoms in total. The molecule has 1 aromatic carbocycles. The molecule has 0 fully saturated rings. The number of aryl methyl sites for hydroxylation is 1. The van der Waals surface area contributed by atoms with Crippen LogP contribution in [-0.4, -0.2) is 17.4 Å². The van der Waals surface area contributed by atoms with Crippen molar-refractivity contribution in [2.45, 2.75) is 26.5 Å². The first-order valence-electron chi connectivity index (χ1n) is 5.96. The maximum absolute atomic E-state index is 5.92. The molecule has 0 aliphatic carbocycles. The van der Waals surface area contributed by atoms with Crippen LogP contribution in [0.3, 0.4) is 0 Å². The molecule has 1 aromatic heterocycles. The lowest BCUT2D eigenvalue weighted by Gasteiger charge is -2.14. The molecule has 2 rings (SSSR count). The van der Waals surface area contributed by atoms with Crippen molar-refractivity contribution in [2.75, 3.05) is 7.11 Å². The molecule has 0 aliphatic rings. The molecule has 1 heterocycles. The van der Waals surface area contributed by atoms with Crippen molar-refractivity contribution in [3.63, 3.8) is 0 Å². The maximum Gasteiger partial charge on any atom is 0.145 e. The van der Waals surface area contributed by atoms with Gasteiger partial charge in [-0.15, -0.1) is 0 Å². The van der Waals surface area contributed by atoms with Gasteiger partial charge in [0.15, 0.2) is 0 Å². The lowest BCUT2D eigenvalue weighted by molar-refractivity contribution is 0.267. The van der Waals surface area contributed by atoms with Crippen molar-refractivity contribution in [2.24, 2.45) is 5.73 Å². The van der Waals surface area contributed by atoms with Crippen LogP contribution >= 0.6 is 0 Å². The standard InChI is InChI=1S/C13H17N3O3/c1-8(14)11-5-4-10(17-3)6-13(11)18-7-12-9(2)15-19-16-12/h4-6,8H,7,14H2,1-3H3/t8-/m0/s1. The Kier molecular flexibility index (Phi) is 4.01. The zero-order valence-electron chi connectivity index (χ0n) is 11.2. The van der Waals surface area contributed by atoms with Crippen LogP contribution in [0.2, 0.25) is 0 Å². The van der Waals surface area contributed by atoms with Crippen molar-refractivity contribution < 1.29 is 14.1 Å². The summed E-state index contributed by atoms with van der Waals surface area (Å²) >= 11 is 0. The van der Waals surface area contributed by atoms with Crippen molar-refractivity contribution in [1.29, 1.82) is 0 Å². The molecule has 2 aromatic rings. The highest BCUT2D eigenvalue weighted by atomic mass is 16.6. The normalized spacial score (nSPS) is 12.2. The van der Waals surface area contributed by atoms with E-state index in [2.05, 4.69) is 14.9 Å². The lowest BCUT2D eigenvalue weighted by Crippen LogP contribution is -2.08. The van der Waals surface area contributed by atoms with Crippen LogP contribution in [0.15, 0.2) is 22.8 Å². The Labute approximate surface area is 111 Å². The summed E-state index contributed by atoms with van der Waals surface area (Å²) in [6, 6.07) is 5.43. The number of benzene rings is 1. The number of rotatable bonds is 5. The second-order valence-electron chi connectivity index (χ2n) is 4.28. The molecule has 0 radical (unpaired) electrons. The lowest BCUT2D eigenvalue weighted by atomic mass is 10.1. The highest BCUT2D eigenvalue weighted by Gasteiger charge is 2.12. The summed E-state index contributed by atoms with van der Waals surface area (Å²) in [6.07, 6.45) is 0. The Morgan fingerprint density at radius 2 is 2.16 bits per heavy atom. The van der Waals surface area contributed by atoms with E-state index in [0.29, 0.717) is 17.1 Å². The number of aromatic nitrogens is 2. The molecule has 1 atom stereocenters. The molecule has 0 amide bonds. The minimum atomic E-state index is -0.127. The smallest absolute Gasteiger partial charge is 0.145 e. The van der Waals surface area contributed by atoms with Crippen LogP contribution in [0, 0.1) is 6.92 Å². The van der Waals surface area contributed by atoms with Gasteiger partial charge in [-0.2, -0.15) is 0 Å². The number of nitrogens with two attached hydrogens (primary N) is 1. The van der Waals surface area contributed by atoms with E-state index in [4.69, 9.17) is 15.2 Å². The fraction of sp³-hybridized carbons (Fsp3) is 0.385. The topological polar surface area (TPSA) is 83.4 Å². The summed E-state index contributed by atoms with van der Waals surface area (Å²) in [5.74, 6) is 1.39. The van der Waals surface area contributed by atoms with Gasteiger partial charge in [-0.25, -0.2) is 4.63 Å². The van der Waals surface area contributed by atoms with Crippen LogP contribution in [0.5, 0.6) is 11.5 Å². The summed E-state index contributed by atoms with van der Waals surface area (Å²) in [4.78, 5) is 0. The maximum atomic E-state index is 5.92. The van der Waals surface area contributed by atoms with E-state index in [1.165, 1.54) is 0 Å². The average molecular weight is 263 g/mol. The number of ether oxygens (including phenoxy) is 2. The van der Waals surface area contributed by atoms with Gasteiger partial charge < -0.3 is 15.2 Å². The number of methoxy groups -OCH3 is 1. The Balaban J connectivity index is 2.20. The Bertz CT molecular complexity index is 552. The van der Waals surface area contributed by atoms with E-state index in [0.717, 1.165) is 11.3 Å². The van der Waals surface area contributed by atoms with E-state index in [1.54, 1.807) is 7.11 Å². The summed E-state index contributed by atoms with van der Waals surface area (Å²) in [7, 11) is 1.61. The third kappa shape index (κ3) is 3.03. The monoisotopic (exact) mass is 263 g/mol. The van der Waals surface area contributed by atoms with Crippen LogP contribution in [0.1, 0.15) is 29.9 Å². The van der Waals surface area contributed by atoms with Gasteiger partial charge in [-0.3, -0.25) is 0 Å². The summed E-state index contributed by atoms with van der Waals surface area (Å²) in [5.41, 5.74) is 8.21. The van der Waals surface area contributed by atoms with E-state index >= 15 is 0 Å². The van der Waals surface area contributed by atoms with E-state index in [-0.39, 0.29) is 12.6 Å². The molecule has 102 valence electrons. The minimum absolute atomic E-state index is 0.127. The van der Waals surface area contributed by atoms with Crippen LogP contribution < -0.4 is 15.2 Å². The molecule has 2 N–H and O–H groups in total. The highest BCUT2D eigenvalue weighted by Crippen LogP contribution is 2.29. The quantitative estimate of drug-likeness (QED) is 0.888. The number of hydrogen-bond donors (Lipinski definition) is 1. The van der Waals surface area contributed by atoms with Gasteiger partial charge in [-0.1, -0.05) is 16.4 Å². The van der Waals surface area contributed by atoms with Crippen molar-refractivity contribution in [3.8, 4) is 11.5 Å². The second-order valence-corrected chi connectivity index (χ2v) is 4.28. The zero-order chi connectivity index (χ0) is 13.8. The molecular formula is C13H17N3O3. The van der Waals surface area contributed by atoms with Gasteiger partial charge in [-0.05, 0) is 19.9 Å². The minimum Gasteiger partial charge on any atom is -0.497 e. The van der Waals surface area contributed by atoms with Crippen LogP contribution in [0.25, 0.3) is 0 Å². The fourth-order valence-electron chi connectivity index (χ4n) is 1.67. The summed E-state index contributed by atoms with van der Waals surface area (Å²) < 4.78 is 15.6. The van der Waals surface area contributed by atoms with Crippen molar-refractivity contribution in [3.05, 3.63) is 35.2 Å². The second kappa shape index (κ2) is 5.71. The number of nitrogens with zero attached hydrogens (tertiary/aromatic N) is 2. The fourth-order valence-corrected chi connectivity index (χ4v) is 1.67. The predicted octanol–water partition coefficient (Wildman–Crippen LogP) is 1.99. The molecule has 0 saturated carbocycles. The predicted molar refractivity (Wildman–Crippen MR) is 69.0 cm³/mol. The van der Waals surface area contributed by atoms with Gasteiger partial charge in [0, 0.05) is 17.7 Å². The summed E-state index contributed by atoms with van der Waals surface area (Å²) in [6.45, 7) is 3.99. The molecular weight excluding hydrogens is 246 g/mol. The molecule has 19 heavy (non-hydrogen) atoms. The van der Waals surface area contributed by atoms with Gasteiger partial charge in [0.25, 0.3) is 0 Å². The third-order valence-corrected chi connectivity index (χ3v) is 2.82. The van der Waals surface area contributed by atoms with Crippen molar-refractivity contribution in [1.82, 2.24) is 10.3 Å². The van der Waals surface area contributed by atoms with E-state index in [1.807, 2.05) is 32.0 Å². The first kappa shape index (κ1) is 13.4. The molecule has 0 saturated heterocycles. The Morgan fingerprint density at radius 3 is 2.74 bits per heavy atom. The Morgan fingerprint density at radius 1 is 1.37 bits per heavy atom. The zero-order valence-corrected chi connectivity index (χ0v) is 11.2. The average Bonchev–Trinajstić information content (AvgIpc) is 2.81. The van der Waals surface area contributed by atoms with Gasteiger partial charge in [0.05, 0.1) is 7.11 Å². The van der Waals surface area contributed by atoms with Crippen LogP contribution in [-0.2, 0) is 6.61 Å². The Hall–Kier alpha value is -2.08. The van der Waals surface area contributed by atoms with E-state index < -0.39 is 0 Å². The first-order valence-corrected chi connectivity index (χ1v) is 5.96. The first-order chi connectivity index (χ1) is 9.11. The summed E-state index contributed by atoms with van der Waals surface area (Å²) in [5, 5.41) is 7.48. The third-order valence-electron chi connectivity index (χ3n) is 2.82. The largest absolute Gasteiger partial charge is 0.497 e. The van der Waals surface area contributed by atoms with E-state index in [9.17, 15) is 0 Å². The van der Waals surface area contributed by atoms with Crippen LogP contribution in [0.4, 0.5) is 0 Å². The van der Waals surface area contributed by atoms with Crippen molar-refractivity contribution >= 4 is 0 Å². The van der Waals surface area contributed by atoms with Gasteiger partial charge in [0.2, 0.25) is 0 Å². The molecule has 0 aliphatic heterocycles. The molecule has 6 heteroatoms. The van der Waals surface area contributed by atoms with Gasteiger partial charge >= 0.3 is 0 Å². The SMILES string of the molecule is COc1ccc([C@H](C)N)c(OCc2nonc2C)c1. The number of hydrogen-bond acceptors (Lipinski definition) is 6. The van der Waals surface area contributed by atoms with Gasteiger partial charge in [0.1, 0.15) is 29.5 Å². The highest BCUT2D eigenvalue weighted by molar-refractivity contribution is 5.42. The molecule has 0 spiro atoms. The molecule has 0 bridgehead atoms.